The van der Waals surface area contributed by atoms with Crippen molar-refractivity contribution in [3.8, 4) is 0 Å². The lowest BCUT2D eigenvalue weighted by Crippen LogP contribution is -2.53. The number of amides is 3. The van der Waals surface area contributed by atoms with E-state index in [-0.39, 0.29) is 11.9 Å². The number of fused-ring (bicyclic) bond motifs is 1. The summed E-state index contributed by atoms with van der Waals surface area (Å²) in [4.78, 5) is 32.7. The minimum absolute atomic E-state index is 0.00741. The summed E-state index contributed by atoms with van der Waals surface area (Å²) in [6.45, 7) is 11.7. The Kier molecular flexibility index (Phi) is 7.83. The zero-order valence-corrected chi connectivity index (χ0v) is 23.5. The number of carbonyl (C=O) groups is 2. The molecule has 3 aliphatic carbocycles. The van der Waals surface area contributed by atoms with Crippen molar-refractivity contribution >= 4 is 29.2 Å². The lowest BCUT2D eigenvalue weighted by Gasteiger charge is -2.57. The average Bonchev–Trinajstić information content (AvgIpc) is 2.92. The minimum atomic E-state index is -0.0554. The van der Waals surface area contributed by atoms with E-state index in [2.05, 4.69) is 30.1 Å². The van der Waals surface area contributed by atoms with Gasteiger partial charge in [-0.15, -0.1) is 0 Å². The molecule has 1 saturated carbocycles. The Morgan fingerprint density at radius 3 is 2.45 bits per heavy atom. The van der Waals surface area contributed by atoms with E-state index in [1.807, 2.05) is 59.2 Å². The van der Waals surface area contributed by atoms with Crippen LogP contribution in [0, 0.1) is 24.2 Å². The third kappa shape index (κ3) is 5.48. The van der Waals surface area contributed by atoms with Gasteiger partial charge < -0.3 is 15.1 Å². The van der Waals surface area contributed by atoms with E-state index < -0.39 is 0 Å². The molecule has 2 atom stereocenters. The van der Waals surface area contributed by atoms with Crippen LogP contribution in [0.15, 0.2) is 60.2 Å². The topological polar surface area (TPSA) is 55.9 Å². The third-order valence-corrected chi connectivity index (χ3v) is 9.41. The lowest BCUT2D eigenvalue weighted by atomic mass is 9.49. The summed E-state index contributed by atoms with van der Waals surface area (Å²) in [5, 5.41) is 3.54. The second-order valence-corrected chi connectivity index (χ2v) is 12.0. The average molecular weight is 535 g/mol. The number of rotatable bonds is 7. The van der Waals surface area contributed by atoms with Crippen molar-refractivity contribution in [3.63, 3.8) is 0 Å². The van der Waals surface area contributed by atoms with Crippen LogP contribution in [0.1, 0.15) is 42.6 Å². The van der Waals surface area contributed by atoms with Gasteiger partial charge in [0.2, 0.25) is 0 Å². The molecule has 202 valence electrons. The molecule has 1 saturated heterocycles. The summed E-state index contributed by atoms with van der Waals surface area (Å²) in [6, 6.07) is 15.1. The van der Waals surface area contributed by atoms with Gasteiger partial charge in [-0.2, -0.15) is 0 Å². The van der Waals surface area contributed by atoms with Crippen LogP contribution in [0.2, 0.25) is 5.02 Å². The van der Waals surface area contributed by atoms with E-state index in [1.165, 1.54) is 12.0 Å². The number of anilines is 1. The van der Waals surface area contributed by atoms with Crippen molar-refractivity contribution in [1.82, 2.24) is 14.7 Å². The molecule has 2 fully saturated rings. The number of carbonyl (C=O) groups excluding carboxylic acids is 2. The highest BCUT2D eigenvalue weighted by molar-refractivity contribution is 6.33. The summed E-state index contributed by atoms with van der Waals surface area (Å²) in [7, 11) is 0. The fourth-order valence-electron chi connectivity index (χ4n) is 6.28. The van der Waals surface area contributed by atoms with E-state index in [4.69, 9.17) is 11.6 Å². The highest BCUT2D eigenvalue weighted by Crippen LogP contribution is 2.59. The van der Waals surface area contributed by atoms with E-state index in [9.17, 15) is 9.59 Å². The molecular weight excluding hydrogens is 496 g/mol. The molecule has 4 aliphatic rings. The number of piperazine rings is 1. The first kappa shape index (κ1) is 26.8. The maximum Gasteiger partial charge on any atom is 0.321 e. The van der Waals surface area contributed by atoms with Crippen LogP contribution >= 0.6 is 11.6 Å². The van der Waals surface area contributed by atoms with Crippen LogP contribution in [0.5, 0.6) is 0 Å². The van der Waals surface area contributed by atoms with Crippen LogP contribution < -0.4 is 5.32 Å². The summed E-state index contributed by atoms with van der Waals surface area (Å²) in [6.07, 6.45) is 4.72. The van der Waals surface area contributed by atoms with E-state index in [0.29, 0.717) is 48.1 Å². The fourth-order valence-corrected chi connectivity index (χ4v) is 6.49. The number of benzene rings is 2. The van der Waals surface area contributed by atoms with Crippen molar-refractivity contribution in [1.29, 1.82) is 0 Å². The van der Waals surface area contributed by atoms with Crippen molar-refractivity contribution in [2.45, 2.75) is 33.6 Å². The third-order valence-electron chi connectivity index (χ3n) is 9.08. The maximum absolute atomic E-state index is 13.7. The SMILES string of the molecule is Cc1ccccc1NC(=O)N1CCN(CCN(CC2=CCC3CC2C3(C)C)C(=O)c2ccccc2Cl)CC1. The highest BCUT2D eigenvalue weighted by Gasteiger charge is 2.51. The Bertz CT molecular complexity index is 1220. The number of hydrogen-bond donors (Lipinski definition) is 1. The van der Waals surface area contributed by atoms with Gasteiger partial charge in [0, 0.05) is 51.5 Å². The van der Waals surface area contributed by atoms with Gasteiger partial charge in [-0.25, -0.2) is 4.79 Å². The van der Waals surface area contributed by atoms with Gasteiger partial charge in [-0.1, -0.05) is 67.4 Å². The van der Waals surface area contributed by atoms with Crippen molar-refractivity contribution in [3.05, 3.63) is 76.3 Å². The molecule has 6 nitrogen and oxygen atoms in total. The first-order valence-corrected chi connectivity index (χ1v) is 14.2. The molecule has 0 aromatic heterocycles. The molecule has 1 aliphatic heterocycles. The number of halogens is 1. The fraction of sp³-hybridized carbons (Fsp3) is 0.484. The quantitative estimate of drug-likeness (QED) is 0.448. The van der Waals surface area contributed by atoms with Gasteiger partial charge in [0.25, 0.3) is 5.91 Å². The molecular formula is C31H39ClN4O2. The lowest BCUT2D eigenvalue weighted by molar-refractivity contribution is -0.0105. The molecule has 2 bridgehead atoms. The highest BCUT2D eigenvalue weighted by atomic mass is 35.5. The predicted octanol–water partition coefficient (Wildman–Crippen LogP) is 5.93. The number of para-hydroxylation sites is 1. The van der Waals surface area contributed by atoms with E-state index >= 15 is 0 Å². The summed E-state index contributed by atoms with van der Waals surface area (Å²) in [5.74, 6) is 1.31. The summed E-state index contributed by atoms with van der Waals surface area (Å²) >= 11 is 6.43. The molecule has 7 heteroatoms. The van der Waals surface area contributed by atoms with Crippen molar-refractivity contribution < 1.29 is 9.59 Å². The van der Waals surface area contributed by atoms with Gasteiger partial charge >= 0.3 is 6.03 Å². The van der Waals surface area contributed by atoms with E-state index in [0.717, 1.165) is 43.2 Å². The van der Waals surface area contributed by atoms with Crippen LogP contribution in [0.25, 0.3) is 0 Å². The molecule has 2 aromatic rings. The molecule has 2 aromatic carbocycles. The molecule has 6 rings (SSSR count). The van der Waals surface area contributed by atoms with Crippen LogP contribution in [0.4, 0.5) is 10.5 Å². The number of hydrogen-bond acceptors (Lipinski definition) is 3. The second-order valence-electron chi connectivity index (χ2n) is 11.6. The monoisotopic (exact) mass is 534 g/mol. The van der Waals surface area contributed by atoms with Crippen LogP contribution in [0.3, 0.4) is 0 Å². The van der Waals surface area contributed by atoms with Gasteiger partial charge in [-0.05, 0) is 60.8 Å². The minimum Gasteiger partial charge on any atom is -0.333 e. The number of aryl methyl sites for hydroxylation is 1. The van der Waals surface area contributed by atoms with Gasteiger partial charge in [-0.3, -0.25) is 9.69 Å². The summed E-state index contributed by atoms with van der Waals surface area (Å²) < 4.78 is 0. The second kappa shape index (κ2) is 11.1. The van der Waals surface area contributed by atoms with Crippen LogP contribution in [-0.2, 0) is 0 Å². The van der Waals surface area contributed by atoms with E-state index in [1.54, 1.807) is 6.07 Å². The molecule has 0 radical (unpaired) electrons. The molecule has 2 unspecified atom stereocenters. The molecule has 1 N–H and O–H groups in total. The van der Waals surface area contributed by atoms with Gasteiger partial charge in [0.15, 0.2) is 0 Å². The Hall–Kier alpha value is -2.83. The number of nitrogens with zero attached hydrogens (tertiary/aromatic N) is 3. The standard InChI is InChI=1S/C31H39ClN4O2/c1-22-8-4-7-11-28(22)33-30(38)35-17-14-34(15-18-35)16-19-36(29(37)25-9-5-6-10-27(25)32)21-23-12-13-24-20-26(23)31(24,2)3/h4-12,24,26H,13-21H2,1-3H3,(H,33,38). The number of urea groups is 1. The van der Waals surface area contributed by atoms with Crippen LogP contribution in [-0.4, -0.2) is 72.5 Å². The maximum atomic E-state index is 13.7. The number of allylic oxidation sites excluding steroid dienone is 1. The van der Waals surface area contributed by atoms with Gasteiger partial charge in [0.05, 0.1) is 10.6 Å². The predicted molar refractivity (Wildman–Crippen MR) is 154 cm³/mol. The molecule has 38 heavy (non-hydrogen) atoms. The number of nitrogens with one attached hydrogen (secondary N) is 1. The molecule has 0 spiro atoms. The summed E-state index contributed by atoms with van der Waals surface area (Å²) in [5.41, 5.74) is 4.19. The smallest absolute Gasteiger partial charge is 0.321 e. The molecule has 3 amide bonds. The largest absolute Gasteiger partial charge is 0.333 e. The zero-order chi connectivity index (χ0) is 26.9. The Morgan fingerprint density at radius 1 is 1.05 bits per heavy atom. The Balaban J connectivity index is 1.20. The zero-order valence-electron chi connectivity index (χ0n) is 22.8. The first-order valence-electron chi connectivity index (χ1n) is 13.8. The normalized spacial score (nSPS) is 22.3. The van der Waals surface area contributed by atoms with Crippen molar-refractivity contribution in [2.75, 3.05) is 51.1 Å². The van der Waals surface area contributed by atoms with Crippen molar-refractivity contribution in [2.24, 2.45) is 17.3 Å². The first-order chi connectivity index (χ1) is 18.2. The Morgan fingerprint density at radius 2 is 1.76 bits per heavy atom. The van der Waals surface area contributed by atoms with Gasteiger partial charge in [0.1, 0.15) is 0 Å². The molecule has 1 heterocycles. The Labute approximate surface area is 231 Å².